The lowest BCUT2D eigenvalue weighted by atomic mass is 10.1. The minimum absolute atomic E-state index is 0.365. The minimum atomic E-state index is -0.540. The van der Waals surface area contributed by atoms with E-state index in [4.69, 9.17) is 0 Å². The van der Waals surface area contributed by atoms with Gasteiger partial charge in [-0.05, 0) is 31.0 Å². The Morgan fingerprint density at radius 3 is 2.60 bits per heavy atom. The van der Waals surface area contributed by atoms with Crippen LogP contribution in [0.4, 0.5) is 0 Å². The van der Waals surface area contributed by atoms with E-state index in [0.717, 1.165) is 17.6 Å². The number of allylic oxidation sites excluding steroid dienone is 1. The van der Waals surface area contributed by atoms with Gasteiger partial charge in [-0.1, -0.05) is 31.2 Å². The van der Waals surface area contributed by atoms with Gasteiger partial charge in [-0.25, -0.2) is 0 Å². The smallest absolute Gasteiger partial charge is 0.305 e. The van der Waals surface area contributed by atoms with Crippen molar-refractivity contribution in [3.05, 3.63) is 75.1 Å². The number of aryl methyl sites for hydroxylation is 1. The molecule has 2 aromatic rings. The van der Waals surface area contributed by atoms with Crippen LogP contribution < -0.4 is 11.1 Å². The van der Waals surface area contributed by atoms with Gasteiger partial charge in [0.05, 0.1) is 0 Å². The Bertz CT molecular complexity index is 754. The number of hydrogen-bond donors (Lipinski definition) is 0. The maximum absolute atomic E-state index is 12.2. The maximum atomic E-state index is 12.2. The van der Waals surface area contributed by atoms with Crippen molar-refractivity contribution < 1.29 is 0 Å². The van der Waals surface area contributed by atoms with E-state index in [2.05, 4.69) is 6.58 Å². The summed E-state index contributed by atoms with van der Waals surface area (Å²) in [6, 6.07) is 7.63. The Morgan fingerprint density at radius 2 is 1.95 bits per heavy atom. The first kappa shape index (κ1) is 14.1. The van der Waals surface area contributed by atoms with Gasteiger partial charge in [-0.15, -0.1) is 0 Å². The van der Waals surface area contributed by atoms with Crippen molar-refractivity contribution in [3.63, 3.8) is 0 Å². The molecule has 1 heterocycles. The molecule has 0 saturated carbocycles. The van der Waals surface area contributed by atoms with Crippen LogP contribution in [0.15, 0.2) is 58.4 Å². The summed E-state index contributed by atoms with van der Waals surface area (Å²) in [6.45, 7) is 7.99. The highest BCUT2D eigenvalue weighted by molar-refractivity contribution is 5.35. The third kappa shape index (κ3) is 2.79. The van der Waals surface area contributed by atoms with Gasteiger partial charge in [0, 0.05) is 24.6 Å². The fourth-order valence-electron chi connectivity index (χ4n) is 2.05. The van der Waals surface area contributed by atoms with Gasteiger partial charge in [0.15, 0.2) is 0 Å². The summed E-state index contributed by atoms with van der Waals surface area (Å²) < 4.78 is 2.77. The lowest BCUT2D eigenvalue weighted by Crippen LogP contribution is -2.40. The van der Waals surface area contributed by atoms with Gasteiger partial charge in [0.1, 0.15) is 0 Å². The highest BCUT2D eigenvalue weighted by Crippen LogP contribution is 2.08. The number of rotatable bonds is 4. The molecule has 0 N–H and O–H groups in total. The van der Waals surface area contributed by atoms with E-state index in [9.17, 15) is 9.59 Å². The molecule has 20 heavy (non-hydrogen) atoms. The molecule has 0 spiro atoms. The molecule has 0 aliphatic carbocycles. The predicted molar refractivity (Wildman–Crippen MR) is 80.5 cm³/mol. The zero-order valence-corrected chi connectivity index (χ0v) is 11.8. The molecular weight excluding hydrogens is 252 g/mol. The third-order valence-electron chi connectivity index (χ3n) is 3.10. The molecule has 2 rings (SSSR count). The predicted octanol–water partition coefficient (Wildman–Crippen LogP) is 2.14. The lowest BCUT2D eigenvalue weighted by Gasteiger charge is -2.09. The van der Waals surface area contributed by atoms with Crippen molar-refractivity contribution in [2.24, 2.45) is 0 Å². The molecule has 0 saturated heterocycles. The van der Waals surface area contributed by atoms with Gasteiger partial charge < -0.3 is 4.57 Å². The summed E-state index contributed by atoms with van der Waals surface area (Å²) >= 11 is 0. The Hall–Kier alpha value is -2.36. The molecule has 4 nitrogen and oxygen atoms in total. The van der Waals surface area contributed by atoms with Crippen LogP contribution in [0.25, 0.3) is 5.69 Å². The fourth-order valence-corrected chi connectivity index (χ4v) is 2.05. The van der Waals surface area contributed by atoms with Crippen LogP contribution in [-0.4, -0.2) is 9.13 Å². The van der Waals surface area contributed by atoms with Gasteiger partial charge in [-0.2, -0.15) is 0 Å². The van der Waals surface area contributed by atoms with Crippen LogP contribution in [-0.2, 0) is 13.0 Å². The average Bonchev–Trinajstić information content (AvgIpc) is 2.44. The molecule has 0 atom stereocenters. The molecule has 1 aromatic carbocycles. The van der Waals surface area contributed by atoms with E-state index in [0.29, 0.717) is 12.2 Å². The van der Waals surface area contributed by atoms with E-state index in [1.54, 1.807) is 12.4 Å². The summed E-state index contributed by atoms with van der Waals surface area (Å²) in [5.41, 5.74) is 1.60. The van der Waals surface area contributed by atoms with Crippen molar-refractivity contribution in [1.29, 1.82) is 0 Å². The zero-order chi connectivity index (χ0) is 14.7. The average molecular weight is 270 g/mol. The second-order valence-electron chi connectivity index (χ2n) is 4.89. The molecule has 4 heteroatoms. The van der Waals surface area contributed by atoms with E-state index >= 15 is 0 Å². The highest BCUT2D eigenvalue weighted by Gasteiger charge is 2.07. The number of benzene rings is 1. The molecule has 1 aromatic heterocycles. The first-order chi connectivity index (χ1) is 9.52. The first-order valence-corrected chi connectivity index (χ1v) is 6.58. The van der Waals surface area contributed by atoms with Crippen molar-refractivity contribution in [1.82, 2.24) is 9.13 Å². The van der Waals surface area contributed by atoms with Crippen molar-refractivity contribution in [2.45, 2.75) is 26.8 Å². The molecule has 0 radical (unpaired) electrons. The minimum Gasteiger partial charge on any atom is -0.305 e. The molecular formula is C16H18N2O2. The Labute approximate surface area is 117 Å². The summed E-state index contributed by atoms with van der Waals surface area (Å²) in [4.78, 5) is 24.2. The topological polar surface area (TPSA) is 44.0 Å². The number of hydrogen-bond acceptors (Lipinski definition) is 2. The summed E-state index contributed by atoms with van der Waals surface area (Å²) in [5, 5.41) is 0. The second-order valence-corrected chi connectivity index (χ2v) is 4.89. The maximum Gasteiger partial charge on any atom is 0.320 e. The van der Waals surface area contributed by atoms with Crippen LogP contribution in [0.2, 0.25) is 0 Å². The molecule has 0 unspecified atom stereocenters. The van der Waals surface area contributed by atoms with Gasteiger partial charge in [-0.3, -0.25) is 14.2 Å². The Morgan fingerprint density at radius 1 is 1.20 bits per heavy atom. The number of aromatic nitrogens is 2. The molecule has 0 aliphatic heterocycles. The third-order valence-corrected chi connectivity index (χ3v) is 3.10. The monoisotopic (exact) mass is 270 g/mol. The van der Waals surface area contributed by atoms with Crippen molar-refractivity contribution in [3.8, 4) is 5.69 Å². The normalized spacial score (nSPS) is 10.5. The van der Waals surface area contributed by atoms with Crippen molar-refractivity contribution >= 4 is 0 Å². The van der Waals surface area contributed by atoms with Crippen LogP contribution in [0.1, 0.15) is 19.4 Å². The zero-order valence-electron chi connectivity index (χ0n) is 11.8. The van der Waals surface area contributed by atoms with Crippen LogP contribution in [0.5, 0.6) is 0 Å². The van der Waals surface area contributed by atoms with Gasteiger partial charge >= 0.3 is 11.1 Å². The van der Waals surface area contributed by atoms with E-state index in [1.807, 2.05) is 38.1 Å². The first-order valence-electron chi connectivity index (χ1n) is 6.58. The van der Waals surface area contributed by atoms with Crippen LogP contribution in [0.3, 0.4) is 0 Å². The SMILES string of the molecule is C=C(C)Cn1ccn(-c2cccc(CC)c2)c(=O)c1=O. The van der Waals surface area contributed by atoms with Crippen molar-refractivity contribution in [2.75, 3.05) is 0 Å². The standard InChI is InChI=1S/C16H18N2O2/c1-4-13-6-5-7-14(10-13)18-9-8-17(11-12(2)3)15(19)16(18)20/h5-10H,2,4,11H2,1,3H3. The van der Waals surface area contributed by atoms with E-state index in [1.165, 1.54) is 9.13 Å². The summed E-state index contributed by atoms with van der Waals surface area (Å²) in [6.07, 6.45) is 4.13. The second kappa shape index (κ2) is 5.74. The van der Waals surface area contributed by atoms with E-state index < -0.39 is 11.1 Å². The van der Waals surface area contributed by atoms with Gasteiger partial charge in [0.2, 0.25) is 0 Å². The molecule has 0 aliphatic rings. The quantitative estimate of drug-likeness (QED) is 0.631. The van der Waals surface area contributed by atoms with Crippen LogP contribution >= 0.6 is 0 Å². The van der Waals surface area contributed by atoms with Gasteiger partial charge in [0.25, 0.3) is 0 Å². The molecule has 0 fully saturated rings. The Balaban J connectivity index is 2.54. The molecule has 0 bridgehead atoms. The fraction of sp³-hybridized carbons (Fsp3) is 0.250. The summed E-state index contributed by atoms with van der Waals surface area (Å²) in [5.74, 6) is 0. The largest absolute Gasteiger partial charge is 0.320 e. The lowest BCUT2D eigenvalue weighted by molar-refractivity contribution is 0.710. The molecule has 0 amide bonds. The number of nitrogens with zero attached hydrogens (tertiary/aromatic N) is 2. The highest BCUT2D eigenvalue weighted by atomic mass is 16.2. The molecule has 104 valence electrons. The van der Waals surface area contributed by atoms with E-state index in [-0.39, 0.29) is 0 Å². The van der Waals surface area contributed by atoms with Crippen LogP contribution in [0, 0.1) is 0 Å². The summed E-state index contributed by atoms with van der Waals surface area (Å²) in [7, 11) is 0. The Kier molecular flexibility index (Phi) is 4.03.